The summed E-state index contributed by atoms with van der Waals surface area (Å²) in [6.07, 6.45) is 3.65. The van der Waals surface area contributed by atoms with Crippen LogP contribution in [0.5, 0.6) is 5.88 Å². The van der Waals surface area contributed by atoms with E-state index in [2.05, 4.69) is 15.0 Å². The van der Waals surface area contributed by atoms with Gasteiger partial charge in [-0.05, 0) is 18.6 Å². The molecule has 16 heavy (non-hydrogen) atoms. The maximum atomic E-state index is 11.6. The Hall–Kier alpha value is -2.17. The van der Waals surface area contributed by atoms with Crippen LogP contribution in [0.25, 0.3) is 11.4 Å². The molecule has 0 aliphatic rings. The Morgan fingerprint density at radius 1 is 1.50 bits per heavy atom. The van der Waals surface area contributed by atoms with Gasteiger partial charge >= 0.3 is 0 Å². The van der Waals surface area contributed by atoms with E-state index in [-0.39, 0.29) is 11.4 Å². The van der Waals surface area contributed by atoms with Gasteiger partial charge in [-0.3, -0.25) is 9.78 Å². The molecule has 0 spiro atoms. The topological polar surface area (TPSA) is 78.9 Å². The summed E-state index contributed by atoms with van der Waals surface area (Å²) in [4.78, 5) is 22.1. The predicted octanol–water partition coefficient (Wildman–Crippen LogP) is 1.10. The number of nitrogens with one attached hydrogen (secondary N) is 1. The van der Waals surface area contributed by atoms with Crippen molar-refractivity contribution in [2.24, 2.45) is 0 Å². The average Bonchev–Trinajstić information content (AvgIpc) is 2.30. The van der Waals surface area contributed by atoms with E-state index >= 15 is 0 Å². The third kappa shape index (κ3) is 1.79. The van der Waals surface area contributed by atoms with Crippen molar-refractivity contribution in [3.63, 3.8) is 0 Å². The van der Waals surface area contributed by atoms with Crippen molar-refractivity contribution in [3.05, 3.63) is 40.4 Å². The molecule has 0 aromatic carbocycles. The van der Waals surface area contributed by atoms with Crippen molar-refractivity contribution in [1.29, 1.82) is 0 Å². The number of nitrogens with zero attached hydrogens (tertiary/aromatic N) is 2. The Morgan fingerprint density at radius 3 is 2.88 bits per heavy atom. The monoisotopic (exact) mass is 217 g/mol. The molecule has 0 amide bonds. The predicted molar refractivity (Wildman–Crippen MR) is 59.1 cm³/mol. The quantitative estimate of drug-likeness (QED) is 0.789. The number of rotatable bonds is 2. The first kappa shape index (κ1) is 10.4. The SMILES string of the molecule is CCc1c(O)nc(-c2cccnc2)[nH]c1=O. The smallest absolute Gasteiger partial charge is 0.258 e. The van der Waals surface area contributed by atoms with Gasteiger partial charge in [-0.25, -0.2) is 0 Å². The summed E-state index contributed by atoms with van der Waals surface area (Å²) in [6.45, 7) is 1.79. The first-order valence-electron chi connectivity index (χ1n) is 4.95. The first-order valence-corrected chi connectivity index (χ1v) is 4.95. The van der Waals surface area contributed by atoms with E-state index in [1.807, 2.05) is 0 Å². The van der Waals surface area contributed by atoms with Gasteiger partial charge in [-0.2, -0.15) is 4.98 Å². The van der Waals surface area contributed by atoms with E-state index in [0.29, 0.717) is 23.4 Å². The normalized spacial score (nSPS) is 10.3. The van der Waals surface area contributed by atoms with E-state index < -0.39 is 0 Å². The van der Waals surface area contributed by atoms with Crippen LogP contribution in [0.15, 0.2) is 29.3 Å². The van der Waals surface area contributed by atoms with Gasteiger partial charge in [0.15, 0.2) is 0 Å². The molecule has 5 nitrogen and oxygen atoms in total. The Labute approximate surface area is 91.8 Å². The number of pyridine rings is 1. The lowest BCUT2D eigenvalue weighted by Gasteiger charge is -2.03. The van der Waals surface area contributed by atoms with Gasteiger partial charge in [-0.1, -0.05) is 6.92 Å². The van der Waals surface area contributed by atoms with Crippen LogP contribution in [-0.4, -0.2) is 20.1 Å². The van der Waals surface area contributed by atoms with Crippen molar-refractivity contribution >= 4 is 0 Å². The maximum absolute atomic E-state index is 11.6. The average molecular weight is 217 g/mol. The number of H-pyrrole nitrogens is 1. The largest absolute Gasteiger partial charge is 0.493 e. The van der Waals surface area contributed by atoms with Gasteiger partial charge in [0.05, 0.1) is 5.56 Å². The lowest BCUT2D eigenvalue weighted by Crippen LogP contribution is -2.14. The van der Waals surface area contributed by atoms with Crippen LogP contribution >= 0.6 is 0 Å². The highest BCUT2D eigenvalue weighted by Crippen LogP contribution is 2.16. The molecular weight excluding hydrogens is 206 g/mol. The lowest BCUT2D eigenvalue weighted by atomic mass is 10.2. The fourth-order valence-corrected chi connectivity index (χ4v) is 1.44. The van der Waals surface area contributed by atoms with E-state index in [1.54, 1.807) is 31.5 Å². The molecule has 82 valence electrons. The summed E-state index contributed by atoms with van der Waals surface area (Å²) in [5.41, 5.74) is 0.652. The van der Waals surface area contributed by atoms with E-state index in [1.165, 1.54) is 0 Å². The summed E-state index contributed by atoms with van der Waals surface area (Å²) in [7, 11) is 0. The molecule has 0 aliphatic carbocycles. The molecule has 2 aromatic rings. The van der Waals surface area contributed by atoms with E-state index in [4.69, 9.17) is 0 Å². The highest BCUT2D eigenvalue weighted by molar-refractivity contribution is 5.53. The fraction of sp³-hybridized carbons (Fsp3) is 0.182. The zero-order valence-electron chi connectivity index (χ0n) is 8.77. The number of hydrogen-bond donors (Lipinski definition) is 2. The molecule has 0 aliphatic heterocycles. The molecule has 2 aromatic heterocycles. The third-order valence-electron chi connectivity index (χ3n) is 2.28. The Balaban J connectivity index is 2.57. The zero-order chi connectivity index (χ0) is 11.5. The molecule has 0 saturated heterocycles. The summed E-state index contributed by atoms with van der Waals surface area (Å²) in [6, 6.07) is 3.50. The highest BCUT2D eigenvalue weighted by atomic mass is 16.3. The van der Waals surface area contributed by atoms with Crippen molar-refractivity contribution in [2.45, 2.75) is 13.3 Å². The number of aromatic amines is 1. The van der Waals surface area contributed by atoms with Gasteiger partial charge in [0.1, 0.15) is 5.82 Å². The van der Waals surface area contributed by atoms with Crippen molar-refractivity contribution in [1.82, 2.24) is 15.0 Å². The minimum Gasteiger partial charge on any atom is -0.493 e. The minimum absolute atomic E-state index is 0.217. The molecule has 0 radical (unpaired) electrons. The van der Waals surface area contributed by atoms with Crippen LogP contribution in [-0.2, 0) is 6.42 Å². The molecule has 5 heteroatoms. The van der Waals surface area contributed by atoms with Gasteiger partial charge in [-0.15, -0.1) is 0 Å². The number of aromatic nitrogens is 3. The molecule has 0 fully saturated rings. The molecule has 0 bridgehead atoms. The zero-order valence-corrected chi connectivity index (χ0v) is 8.77. The second-order valence-corrected chi connectivity index (χ2v) is 3.31. The standard InChI is InChI=1S/C11H11N3O2/c1-2-8-10(15)13-9(14-11(8)16)7-4-3-5-12-6-7/h3-6H,2H2,1H3,(H2,13,14,15,16). The van der Waals surface area contributed by atoms with Crippen LogP contribution in [0, 0.1) is 0 Å². The van der Waals surface area contributed by atoms with Gasteiger partial charge in [0, 0.05) is 18.0 Å². The number of aromatic hydroxyl groups is 1. The fourth-order valence-electron chi connectivity index (χ4n) is 1.44. The lowest BCUT2D eigenvalue weighted by molar-refractivity contribution is 0.444. The first-order chi connectivity index (χ1) is 7.72. The molecule has 0 unspecified atom stereocenters. The Kier molecular flexibility index (Phi) is 2.68. The molecule has 2 N–H and O–H groups in total. The summed E-state index contributed by atoms with van der Waals surface area (Å²) >= 11 is 0. The van der Waals surface area contributed by atoms with Crippen LogP contribution < -0.4 is 5.56 Å². The summed E-state index contributed by atoms with van der Waals surface area (Å²) in [5.74, 6) is 0.109. The van der Waals surface area contributed by atoms with Gasteiger partial charge in [0.2, 0.25) is 5.88 Å². The second-order valence-electron chi connectivity index (χ2n) is 3.31. The molecule has 2 heterocycles. The van der Waals surface area contributed by atoms with Crippen molar-refractivity contribution in [2.75, 3.05) is 0 Å². The van der Waals surface area contributed by atoms with Crippen LogP contribution in [0.1, 0.15) is 12.5 Å². The van der Waals surface area contributed by atoms with Crippen LogP contribution in [0.2, 0.25) is 0 Å². The van der Waals surface area contributed by atoms with Gasteiger partial charge < -0.3 is 10.1 Å². The molecular formula is C11H11N3O2. The van der Waals surface area contributed by atoms with Crippen LogP contribution in [0.4, 0.5) is 0 Å². The molecule has 0 atom stereocenters. The summed E-state index contributed by atoms with van der Waals surface area (Å²) < 4.78 is 0. The van der Waals surface area contributed by atoms with E-state index in [9.17, 15) is 9.90 Å². The molecule has 2 rings (SSSR count). The third-order valence-corrected chi connectivity index (χ3v) is 2.28. The number of hydrogen-bond acceptors (Lipinski definition) is 4. The van der Waals surface area contributed by atoms with Crippen LogP contribution in [0.3, 0.4) is 0 Å². The van der Waals surface area contributed by atoms with E-state index in [0.717, 1.165) is 0 Å². The minimum atomic E-state index is -0.311. The van der Waals surface area contributed by atoms with Crippen molar-refractivity contribution in [3.8, 4) is 17.3 Å². The van der Waals surface area contributed by atoms with Gasteiger partial charge in [0.25, 0.3) is 5.56 Å². The highest BCUT2D eigenvalue weighted by Gasteiger charge is 2.09. The Morgan fingerprint density at radius 2 is 2.31 bits per heavy atom. The summed E-state index contributed by atoms with van der Waals surface area (Å²) in [5, 5.41) is 9.58. The second kappa shape index (κ2) is 4.14. The Bertz CT molecular complexity index is 549. The van der Waals surface area contributed by atoms with Crippen molar-refractivity contribution < 1.29 is 5.11 Å². The maximum Gasteiger partial charge on any atom is 0.258 e. The molecule has 0 saturated carbocycles.